The number of ether oxygens (including phenoxy) is 2. The minimum absolute atomic E-state index is 0.0271. The van der Waals surface area contributed by atoms with Crippen LogP contribution in [0, 0.1) is 5.41 Å². The summed E-state index contributed by atoms with van der Waals surface area (Å²) in [7, 11) is -0.652. The van der Waals surface area contributed by atoms with Crippen LogP contribution < -0.4 is 5.32 Å². The van der Waals surface area contributed by atoms with Crippen LogP contribution >= 0.6 is 0 Å². The van der Waals surface area contributed by atoms with E-state index in [1.807, 2.05) is 11.6 Å². The first-order chi connectivity index (χ1) is 17.2. The van der Waals surface area contributed by atoms with E-state index in [0.29, 0.717) is 44.7 Å². The van der Waals surface area contributed by atoms with Crippen molar-refractivity contribution in [3.05, 3.63) is 46.8 Å². The molecule has 1 fully saturated rings. The highest BCUT2D eigenvalue weighted by molar-refractivity contribution is 7.89. The second kappa shape index (κ2) is 10.7. The molecule has 11 heteroatoms. The van der Waals surface area contributed by atoms with Gasteiger partial charge in [0, 0.05) is 46.8 Å². The van der Waals surface area contributed by atoms with Crippen molar-refractivity contribution in [2.45, 2.75) is 50.5 Å². The molecule has 0 saturated carbocycles. The minimum Gasteiger partial charge on any atom is -0.462 e. The van der Waals surface area contributed by atoms with E-state index in [9.17, 15) is 18.0 Å². The normalized spacial score (nSPS) is 17.5. The van der Waals surface area contributed by atoms with Gasteiger partial charge in [-0.3, -0.25) is 9.48 Å². The third-order valence-corrected chi connectivity index (χ3v) is 8.86. The maximum absolute atomic E-state index is 12.9. The van der Waals surface area contributed by atoms with Crippen LogP contribution in [0.2, 0.25) is 0 Å². The standard InChI is InChI=1S/C25H34N4O6S/c1-4-20-22-21(16-25(17-26-23(22)30)10-14-34-15-11-25)29(27-20)12-5-13-35-24(31)18-6-8-19(9-7-18)36(32,33)28(2)3/h6-9H,4-5,10-17H2,1-3H3,(H,26,30). The fraction of sp³-hybridized carbons (Fsp3) is 0.560. The summed E-state index contributed by atoms with van der Waals surface area (Å²) in [5.74, 6) is -0.583. The smallest absolute Gasteiger partial charge is 0.338 e. The second-order valence-corrected chi connectivity index (χ2v) is 11.8. The number of sulfonamides is 1. The average molecular weight is 519 g/mol. The molecule has 0 atom stereocenters. The summed E-state index contributed by atoms with van der Waals surface area (Å²) in [6.45, 7) is 4.72. The Balaban J connectivity index is 1.40. The zero-order valence-electron chi connectivity index (χ0n) is 21.1. The third-order valence-electron chi connectivity index (χ3n) is 7.03. The number of rotatable bonds is 8. The van der Waals surface area contributed by atoms with Gasteiger partial charge in [0.1, 0.15) is 0 Å². The van der Waals surface area contributed by atoms with E-state index in [0.717, 1.165) is 35.0 Å². The van der Waals surface area contributed by atoms with Crippen molar-refractivity contribution >= 4 is 21.9 Å². The molecule has 1 spiro atoms. The molecular weight excluding hydrogens is 484 g/mol. The summed E-state index contributed by atoms with van der Waals surface area (Å²) in [5.41, 5.74) is 2.68. The third kappa shape index (κ3) is 5.33. The highest BCUT2D eigenvalue weighted by atomic mass is 32.2. The van der Waals surface area contributed by atoms with Gasteiger partial charge in [-0.2, -0.15) is 5.10 Å². The Morgan fingerprint density at radius 1 is 1.22 bits per heavy atom. The topological polar surface area (TPSA) is 120 Å². The summed E-state index contributed by atoms with van der Waals surface area (Å²) in [6.07, 6.45) is 3.75. The fourth-order valence-corrected chi connectivity index (χ4v) is 5.70. The van der Waals surface area contributed by atoms with Gasteiger partial charge in [-0.05, 0) is 55.4 Å². The number of aromatic nitrogens is 2. The molecular formula is C25H34N4O6S. The molecule has 2 aliphatic heterocycles. The van der Waals surface area contributed by atoms with Crippen molar-refractivity contribution in [1.82, 2.24) is 19.4 Å². The Morgan fingerprint density at radius 3 is 2.56 bits per heavy atom. The average Bonchev–Trinajstić information content (AvgIpc) is 3.15. The van der Waals surface area contributed by atoms with Gasteiger partial charge in [-0.15, -0.1) is 0 Å². The number of aryl methyl sites for hydroxylation is 2. The number of carbonyl (C=O) groups is 2. The number of carbonyl (C=O) groups excluding carboxylic acids is 2. The first-order valence-corrected chi connectivity index (χ1v) is 13.7. The predicted molar refractivity (Wildman–Crippen MR) is 132 cm³/mol. The zero-order chi connectivity index (χ0) is 25.9. The Morgan fingerprint density at radius 2 is 1.92 bits per heavy atom. The van der Waals surface area contributed by atoms with Gasteiger partial charge in [0.15, 0.2) is 0 Å². The van der Waals surface area contributed by atoms with Crippen LogP contribution in [0.25, 0.3) is 0 Å². The molecule has 3 heterocycles. The predicted octanol–water partition coefficient (Wildman–Crippen LogP) is 2.03. The van der Waals surface area contributed by atoms with Crippen molar-refractivity contribution < 1.29 is 27.5 Å². The molecule has 1 N–H and O–H groups in total. The number of fused-ring (bicyclic) bond motifs is 1. The van der Waals surface area contributed by atoms with E-state index in [1.165, 1.54) is 38.4 Å². The molecule has 1 amide bonds. The van der Waals surface area contributed by atoms with E-state index >= 15 is 0 Å². The van der Waals surface area contributed by atoms with E-state index in [4.69, 9.17) is 14.6 Å². The van der Waals surface area contributed by atoms with Crippen LogP contribution in [0.4, 0.5) is 0 Å². The van der Waals surface area contributed by atoms with Crippen molar-refractivity contribution in [2.24, 2.45) is 5.41 Å². The van der Waals surface area contributed by atoms with Crippen molar-refractivity contribution in [2.75, 3.05) is 40.5 Å². The summed E-state index contributed by atoms with van der Waals surface area (Å²) in [6, 6.07) is 5.69. The van der Waals surface area contributed by atoms with Gasteiger partial charge in [0.25, 0.3) is 5.91 Å². The highest BCUT2D eigenvalue weighted by Crippen LogP contribution is 2.37. The maximum atomic E-state index is 12.9. The minimum atomic E-state index is -3.56. The molecule has 36 heavy (non-hydrogen) atoms. The lowest BCUT2D eigenvalue weighted by molar-refractivity contribution is 0.0152. The number of hydrogen-bond donors (Lipinski definition) is 1. The van der Waals surface area contributed by atoms with Gasteiger partial charge < -0.3 is 14.8 Å². The molecule has 0 aliphatic carbocycles. The summed E-state index contributed by atoms with van der Waals surface area (Å²) in [4.78, 5) is 25.5. The monoisotopic (exact) mass is 518 g/mol. The van der Waals surface area contributed by atoms with Crippen molar-refractivity contribution in [1.29, 1.82) is 0 Å². The van der Waals surface area contributed by atoms with Crippen molar-refractivity contribution in [3.63, 3.8) is 0 Å². The Bertz CT molecular complexity index is 1210. The van der Waals surface area contributed by atoms with Crippen LogP contribution in [-0.4, -0.2) is 74.8 Å². The zero-order valence-corrected chi connectivity index (χ0v) is 21.9. The highest BCUT2D eigenvalue weighted by Gasteiger charge is 2.39. The molecule has 1 aromatic carbocycles. The van der Waals surface area contributed by atoms with E-state index in [1.54, 1.807) is 0 Å². The first kappa shape index (κ1) is 26.3. The quantitative estimate of drug-likeness (QED) is 0.419. The summed E-state index contributed by atoms with van der Waals surface area (Å²) < 4.78 is 38.4. The van der Waals surface area contributed by atoms with Gasteiger partial charge in [-0.1, -0.05) is 6.92 Å². The molecule has 1 saturated heterocycles. The second-order valence-electron chi connectivity index (χ2n) is 9.62. The molecule has 0 unspecified atom stereocenters. The molecule has 2 aromatic rings. The number of esters is 1. The molecule has 0 radical (unpaired) electrons. The largest absolute Gasteiger partial charge is 0.462 e. The maximum Gasteiger partial charge on any atom is 0.338 e. The van der Waals surface area contributed by atoms with Gasteiger partial charge in [0.05, 0.1) is 34.0 Å². The molecule has 4 rings (SSSR count). The van der Waals surface area contributed by atoms with Crippen LogP contribution in [0.15, 0.2) is 29.2 Å². The number of hydrogen-bond acceptors (Lipinski definition) is 7. The number of benzene rings is 1. The number of nitrogens with one attached hydrogen (secondary N) is 1. The Hall–Kier alpha value is -2.76. The Labute approximate surface area is 212 Å². The summed E-state index contributed by atoms with van der Waals surface area (Å²) in [5, 5.41) is 7.84. The lowest BCUT2D eigenvalue weighted by Crippen LogP contribution is -2.40. The molecule has 196 valence electrons. The van der Waals surface area contributed by atoms with E-state index < -0.39 is 16.0 Å². The summed E-state index contributed by atoms with van der Waals surface area (Å²) >= 11 is 0. The van der Waals surface area contributed by atoms with Crippen molar-refractivity contribution in [3.8, 4) is 0 Å². The molecule has 10 nitrogen and oxygen atoms in total. The van der Waals surface area contributed by atoms with E-state index in [-0.39, 0.29) is 28.4 Å². The lowest BCUT2D eigenvalue weighted by Gasteiger charge is -2.36. The van der Waals surface area contributed by atoms with Crippen LogP contribution in [-0.2, 0) is 38.9 Å². The van der Waals surface area contributed by atoms with Crippen LogP contribution in [0.5, 0.6) is 0 Å². The molecule has 0 bridgehead atoms. The fourth-order valence-electron chi connectivity index (χ4n) is 4.79. The SMILES string of the molecule is CCc1nn(CCCOC(=O)c2ccc(S(=O)(=O)N(C)C)cc2)c2c1C(=O)NCC1(CCOCC1)C2. The van der Waals surface area contributed by atoms with E-state index in [2.05, 4.69) is 5.32 Å². The van der Waals surface area contributed by atoms with Gasteiger partial charge in [-0.25, -0.2) is 17.5 Å². The van der Waals surface area contributed by atoms with Crippen LogP contribution in [0.3, 0.4) is 0 Å². The number of amides is 1. The van der Waals surface area contributed by atoms with Gasteiger partial charge in [0.2, 0.25) is 10.0 Å². The first-order valence-electron chi connectivity index (χ1n) is 12.3. The Kier molecular flexibility index (Phi) is 7.82. The lowest BCUT2D eigenvalue weighted by atomic mass is 9.76. The molecule has 1 aromatic heterocycles. The molecule has 2 aliphatic rings. The van der Waals surface area contributed by atoms with Gasteiger partial charge >= 0.3 is 5.97 Å². The van der Waals surface area contributed by atoms with Crippen LogP contribution in [0.1, 0.15) is 58.3 Å². The number of nitrogens with zero attached hydrogens (tertiary/aromatic N) is 3.